The molecule has 6 nitrogen and oxygen atoms in total. The van der Waals surface area contributed by atoms with Gasteiger partial charge in [0.05, 0.1) is 17.3 Å². The molecule has 3 aromatic rings. The Hall–Kier alpha value is -3.03. The molecule has 168 valence electrons. The van der Waals surface area contributed by atoms with Crippen LogP contribution in [0.1, 0.15) is 27.0 Å². The summed E-state index contributed by atoms with van der Waals surface area (Å²) in [6, 6.07) is 17.1. The number of aryl methyl sites for hydroxylation is 3. The topological polar surface area (TPSA) is 84.5 Å². The molecule has 0 fully saturated rings. The van der Waals surface area contributed by atoms with Gasteiger partial charge in [-0.05, 0) is 68.3 Å². The molecule has 3 aromatic carbocycles. The van der Waals surface area contributed by atoms with E-state index in [0.29, 0.717) is 5.69 Å². The van der Waals surface area contributed by atoms with Crippen LogP contribution in [-0.4, -0.2) is 27.5 Å². The van der Waals surface area contributed by atoms with Crippen molar-refractivity contribution in [2.24, 2.45) is 0 Å². The third-order valence-corrected chi connectivity index (χ3v) is 6.60. The molecule has 0 bridgehead atoms. The predicted octanol–water partition coefficient (Wildman–Crippen LogP) is 4.87. The van der Waals surface area contributed by atoms with Crippen molar-refractivity contribution in [1.82, 2.24) is 5.32 Å². The summed E-state index contributed by atoms with van der Waals surface area (Å²) in [6.45, 7) is 6.25. The summed E-state index contributed by atoms with van der Waals surface area (Å²) >= 11 is 6.15. The Kier molecular flexibility index (Phi) is 7.43. The Morgan fingerprint density at radius 1 is 0.969 bits per heavy atom. The number of hydrogen-bond acceptors (Lipinski definition) is 4. The number of ether oxygens (including phenoxy) is 1. The van der Waals surface area contributed by atoms with E-state index in [4.69, 9.17) is 16.3 Å². The third kappa shape index (κ3) is 6.02. The lowest BCUT2D eigenvalue weighted by molar-refractivity contribution is 0.0946. The van der Waals surface area contributed by atoms with Crippen molar-refractivity contribution in [3.05, 3.63) is 87.9 Å². The van der Waals surface area contributed by atoms with Crippen molar-refractivity contribution in [3.8, 4) is 5.75 Å². The van der Waals surface area contributed by atoms with E-state index in [1.807, 2.05) is 57.2 Å². The summed E-state index contributed by atoms with van der Waals surface area (Å²) in [5, 5.41) is 2.75. The molecule has 0 unspecified atom stereocenters. The first kappa shape index (κ1) is 23.6. The number of sulfonamides is 1. The van der Waals surface area contributed by atoms with Gasteiger partial charge in [-0.15, -0.1) is 0 Å². The first-order valence-corrected chi connectivity index (χ1v) is 11.9. The van der Waals surface area contributed by atoms with Crippen molar-refractivity contribution < 1.29 is 17.9 Å². The highest BCUT2D eigenvalue weighted by Gasteiger charge is 2.21. The van der Waals surface area contributed by atoms with E-state index in [0.717, 1.165) is 22.4 Å². The number of anilines is 1. The van der Waals surface area contributed by atoms with Crippen molar-refractivity contribution >= 4 is 33.2 Å². The van der Waals surface area contributed by atoms with Crippen LogP contribution < -0.4 is 14.8 Å². The maximum atomic E-state index is 12.9. The Labute approximate surface area is 193 Å². The Balaban J connectivity index is 1.68. The second kappa shape index (κ2) is 10.1. The van der Waals surface area contributed by atoms with Gasteiger partial charge < -0.3 is 10.1 Å². The minimum Gasteiger partial charge on any atom is -0.492 e. The quantitative estimate of drug-likeness (QED) is 0.458. The van der Waals surface area contributed by atoms with Crippen LogP contribution in [0.4, 0.5) is 5.69 Å². The zero-order valence-electron chi connectivity index (χ0n) is 18.1. The Bertz CT molecular complexity index is 1240. The van der Waals surface area contributed by atoms with Gasteiger partial charge in [-0.3, -0.25) is 9.52 Å². The molecule has 0 saturated heterocycles. The highest BCUT2D eigenvalue weighted by molar-refractivity contribution is 7.92. The fourth-order valence-electron chi connectivity index (χ4n) is 3.12. The summed E-state index contributed by atoms with van der Waals surface area (Å²) in [4.78, 5) is 12.4. The largest absolute Gasteiger partial charge is 0.492 e. The van der Waals surface area contributed by atoms with Crippen LogP contribution in [0.5, 0.6) is 5.75 Å². The van der Waals surface area contributed by atoms with E-state index in [2.05, 4.69) is 10.0 Å². The molecular formula is C24H25ClN2O4S. The van der Waals surface area contributed by atoms with Gasteiger partial charge in [0.2, 0.25) is 0 Å². The number of carbonyl (C=O) groups is 1. The molecule has 0 atom stereocenters. The fourth-order valence-corrected chi connectivity index (χ4v) is 4.78. The number of carbonyl (C=O) groups excluding carboxylic acids is 1. The van der Waals surface area contributed by atoms with Crippen LogP contribution >= 0.6 is 11.6 Å². The molecule has 0 radical (unpaired) electrons. The van der Waals surface area contributed by atoms with E-state index in [9.17, 15) is 13.2 Å². The van der Waals surface area contributed by atoms with E-state index < -0.39 is 15.9 Å². The number of halogens is 1. The maximum Gasteiger partial charge on any atom is 0.263 e. The van der Waals surface area contributed by atoms with Gasteiger partial charge in [-0.1, -0.05) is 41.4 Å². The summed E-state index contributed by atoms with van der Waals surface area (Å²) < 4.78 is 34.0. The molecule has 0 heterocycles. The molecule has 0 aliphatic heterocycles. The molecular weight excluding hydrogens is 448 g/mol. The van der Waals surface area contributed by atoms with Crippen LogP contribution in [0.15, 0.2) is 65.6 Å². The lowest BCUT2D eigenvalue weighted by Gasteiger charge is -2.13. The first-order valence-electron chi connectivity index (χ1n) is 10.0. The molecule has 2 N–H and O–H groups in total. The molecule has 1 amide bonds. The zero-order chi connectivity index (χ0) is 23.3. The van der Waals surface area contributed by atoms with Gasteiger partial charge >= 0.3 is 0 Å². The molecule has 0 spiro atoms. The number of benzene rings is 3. The van der Waals surface area contributed by atoms with Crippen molar-refractivity contribution in [1.29, 1.82) is 0 Å². The van der Waals surface area contributed by atoms with Gasteiger partial charge in [-0.2, -0.15) is 0 Å². The number of hydrogen-bond donors (Lipinski definition) is 2. The lowest BCUT2D eigenvalue weighted by Crippen LogP contribution is -2.28. The molecule has 32 heavy (non-hydrogen) atoms. The Morgan fingerprint density at radius 3 is 2.44 bits per heavy atom. The fraction of sp³-hybridized carbons (Fsp3) is 0.208. The second-order valence-corrected chi connectivity index (χ2v) is 9.55. The minimum absolute atomic E-state index is 0.0293. The van der Waals surface area contributed by atoms with Gasteiger partial charge in [0.1, 0.15) is 17.3 Å². The van der Waals surface area contributed by atoms with Gasteiger partial charge in [0, 0.05) is 5.56 Å². The van der Waals surface area contributed by atoms with Crippen molar-refractivity contribution in [2.75, 3.05) is 17.9 Å². The van der Waals surface area contributed by atoms with Crippen molar-refractivity contribution in [3.63, 3.8) is 0 Å². The summed E-state index contributed by atoms with van der Waals surface area (Å²) in [5.74, 6) is 0.300. The van der Waals surface area contributed by atoms with Crippen molar-refractivity contribution in [2.45, 2.75) is 25.7 Å². The average molecular weight is 473 g/mol. The van der Waals surface area contributed by atoms with E-state index in [1.165, 1.54) is 18.2 Å². The van der Waals surface area contributed by atoms with Crippen LogP contribution in [0.2, 0.25) is 5.02 Å². The molecule has 8 heteroatoms. The highest BCUT2D eigenvalue weighted by atomic mass is 35.5. The van der Waals surface area contributed by atoms with Crippen LogP contribution in [0.25, 0.3) is 0 Å². The highest BCUT2D eigenvalue weighted by Crippen LogP contribution is 2.26. The van der Waals surface area contributed by atoms with Gasteiger partial charge in [0.15, 0.2) is 0 Å². The van der Waals surface area contributed by atoms with Crippen LogP contribution in [0.3, 0.4) is 0 Å². The number of nitrogens with one attached hydrogen (secondary N) is 2. The summed E-state index contributed by atoms with van der Waals surface area (Å²) in [7, 11) is -3.99. The predicted molar refractivity (Wildman–Crippen MR) is 127 cm³/mol. The Morgan fingerprint density at radius 2 is 1.72 bits per heavy atom. The molecule has 0 aromatic heterocycles. The van der Waals surface area contributed by atoms with Gasteiger partial charge in [-0.25, -0.2) is 8.42 Å². The summed E-state index contributed by atoms with van der Waals surface area (Å²) in [5.41, 5.74) is 3.53. The average Bonchev–Trinajstić information content (AvgIpc) is 2.73. The number of rotatable bonds is 8. The van der Waals surface area contributed by atoms with E-state index >= 15 is 0 Å². The smallest absolute Gasteiger partial charge is 0.263 e. The monoisotopic (exact) mass is 472 g/mol. The second-order valence-electron chi connectivity index (χ2n) is 7.49. The lowest BCUT2D eigenvalue weighted by atomic mass is 10.1. The van der Waals surface area contributed by atoms with E-state index in [-0.39, 0.29) is 28.6 Å². The third-order valence-electron chi connectivity index (χ3n) is 4.76. The zero-order valence-corrected chi connectivity index (χ0v) is 19.7. The van der Waals surface area contributed by atoms with Gasteiger partial charge in [0.25, 0.3) is 15.9 Å². The standard InChI is InChI=1S/C24H25ClN2O4S/c1-16-5-4-6-20(14-16)31-12-11-26-24(28)19-8-9-21(25)23(15-19)32(29,30)27-22-10-7-17(2)13-18(22)3/h4-10,13-15,27H,11-12H2,1-3H3,(H,26,28). The minimum atomic E-state index is -3.99. The maximum absolute atomic E-state index is 12.9. The molecule has 0 aliphatic rings. The molecule has 0 aliphatic carbocycles. The van der Waals surface area contributed by atoms with Crippen LogP contribution in [0, 0.1) is 20.8 Å². The molecule has 0 saturated carbocycles. The normalized spacial score (nSPS) is 11.1. The number of amides is 1. The van der Waals surface area contributed by atoms with E-state index in [1.54, 1.807) is 6.07 Å². The first-order chi connectivity index (χ1) is 15.2. The molecule has 3 rings (SSSR count). The van der Waals surface area contributed by atoms with Crippen LogP contribution in [-0.2, 0) is 10.0 Å². The SMILES string of the molecule is Cc1cccc(OCCNC(=O)c2ccc(Cl)c(S(=O)(=O)Nc3ccc(C)cc3C)c2)c1. The summed E-state index contributed by atoms with van der Waals surface area (Å²) in [6.07, 6.45) is 0.